The van der Waals surface area contributed by atoms with Crippen LogP contribution < -0.4 is 31.0 Å². The van der Waals surface area contributed by atoms with Crippen molar-refractivity contribution in [3.63, 3.8) is 0 Å². The van der Waals surface area contributed by atoms with E-state index >= 15 is 0 Å². The lowest BCUT2D eigenvalue weighted by Crippen LogP contribution is -2.40. The number of rotatable bonds is 7. The first kappa shape index (κ1) is 22.7. The molecule has 0 saturated heterocycles. The summed E-state index contributed by atoms with van der Waals surface area (Å²) in [5.41, 5.74) is -0.693. The summed E-state index contributed by atoms with van der Waals surface area (Å²) >= 11 is 0. The smallest absolute Gasteiger partial charge is 0.416 e. The van der Waals surface area contributed by atoms with E-state index in [1.165, 1.54) is 12.1 Å². The second-order valence-electron chi connectivity index (χ2n) is 8.02. The quantitative estimate of drug-likeness (QED) is 0.491. The fourth-order valence-electron chi connectivity index (χ4n) is 3.94. The van der Waals surface area contributed by atoms with Crippen molar-refractivity contribution in [1.82, 2.24) is 0 Å². The number of benzene rings is 2. The highest BCUT2D eigenvalue weighted by Gasteiger charge is 2.31. The van der Waals surface area contributed by atoms with Crippen molar-refractivity contribution >= 4 is 17.1 Å². The van der Waals surface area contributed by atoms with Gasteiger partial charge in [0, 0.05) is 17.8 Å². The fraction of sp³-hybridized carbons (Fsp3) is 0.333. The average molecular weight is 460 g/mol. The number of methoxy groups -OCH3 is 1. The zero-order chi connectivity index (χ0) is 23.6. The highest BCUT2D eigenvalue weighted by molar-refractivity contribution is 5.79. The maximum Gasteiger partial charge on any atom is 0.416 e. The van der Waals surface area contributed by atoms with Gasteiger partial charge in [0.2, 0.25) is 0 Å². The van der Waals surface area contributed by atoms with Crippen molar-refractivity contribution in [1.29, 1.82) is 0 Å². The molecule has 33 heavy (non-hydrogen) atoms. The zero-order valence-electron chi connectivity index (χ0n) is 17.9. The third kappa shape index (κ3) is 5.13. The first-order valence-corrected chi connectivity index (χ1v) is 10.6. The van der Waals surface area contributed by atoms with Crippen LogP contribution in [0.25, 0.3) is 0 Å². The van der Waals surface area contributed by atoms with E-state index in [9.17, 15) is 22.8 Å². The van der Waals surface area contributed by atoms with Gasteiger partial charge in [-0.25, -0.2) is 0 Å². The van der Waals surface area contributed by atoms with Gasteiger partial charge in [-0.15, -0.1) is 0 Å². The summed E-state index contributed by atoms with van der Waals surface area (Å²) in [7, 11) is 1.54. The Balaban J connectivity index is 1.33. The van der Waals surface area contributed by atoms with Crippen LogP contribution in [0.5, 0.6) is 11.5 Å². The zero-order valence-corrected chi connectivity index (χ0v) is 17.9. The molecule has 0 aliphatic heterocycles. The van der Waals surface area contributed by atoms with Gasteiger partial charge in [-0.1, -0.05) is 6.07 Å². The molecule has 174 valence electrons. The third-order valence-electron chi connectivity index (χ3n) is 5.76. The number of hydrogen-bond acceptors (Lipinski definition) is 6. The summed E-state index contributed by atoms with van der Waals surface area (Å²) < 4.78 is 49.1. The molecule has 0 unspecified atom stereocenters. The largest absolute Gasteiger partial charge is 0.497 e. The van der Waals surface area contributed by atoms with E-state index in [-0.39, 0.29) is 23.5 Å². The molecule has 0 radical (unpaired) electrons. The Hall–Kier alpha value is -3.49. The maximum atomic E-state index is 12.7. The summed E-state index contributed by atoms with van der Waals surface area (Å²) in [5, 5.41) is 6.17. The van der Waals surface area contributed by atoms with Crippen molar-refractivity contribution in [3.8, 4) is 11.5 Å². The van der Waals surface area contributed by atoms with Crippen LogP contribution in [-0.4, -0.2) is 19.3 Å². The minimum atomic E-state index is -4.38. The lowest BCUT2D eigenvalue weighted by Gasteiger charge is -2.31. The highest BCUT2D eigenvalue weighted by atomic mass is 19.4. The first-order chi connectivity index (χ1) is 15.7. The Morgan fingerprint density at radius 3 is 2.18 bits per heavy atom. The van der Waals surface area contributed by atoms with Crippen molar-refractivity contribution in [2.75, 3.05) is 17.7 Å². The molecular weight excluding hydrogens is 437 g/mol. The van der Waals surface area contributed by atoms with Crippen molar-refractivity contribution in [2.45, 2.75) is 44.0 Å². The number of halogens is 3. The van der Waals surface area contributed by atoms with E-state index in [0.717, 1.165) is 12.1 Å². The van der Waals surface area contributed by atoms with Crippen LogP contribution in [-0.2, 0) is 6.18 Å². The molecule has 1 aliphatic rings. The Bertz CT molecular complexity index is 1180. The van der Waals surface area contributed by atoms with Gasteiger partial charge < -0.3 is 20.1 Å². The number of ether oxygens (including phenoxy) is 2. The molecule has 0 aromatic heterocycles. The van der Waals surface area contributed by atoms with Gasteiger partial charge in [-0.2, -0.15) is 13.2 Å². The normalized spacial score (nSPS) is 18.7. The van der Waals surface area contributed by atoms with Crippen LogP contribution in [0.4, 0.5) is 30.2 Å². The lowest BCUT2D eigenvalue weighted by atomic mass is 9.92. The average Bonchev–Trinajstić information content (AvgIpc) is 2.82. The SMILES string of the molecule is COc1cccc(Nc2c(NC3CCC(Oc4ccc(C(F)(F)F)cc4)CC3)c(=O)c2=O)c1. The molecular formula is C24H23F3N2O4. The Morgan fingerprint density at radius 2 is 1.55 bits per heavy atom. The Morgan fingerprint density at radius 1 is 0.879 bits per heavy atom. The first-order valence-electron chi connectivity index (χ1n) is 10.6. The molecule has 0 atom stereocenters. The van der Waals surface area contributed by atoms with Crippen molar-refractivity contribution < 1.29 is 22.6 Å². The van der Waals surface area contributed by atoms with Crippen LogP contribution in [0, 0.1) is 0 Å². The molecule has 0 amide bonds. The molecule has 0 heterocycles. The van der Waals surface area contributed by atoms with E-state index < -0.39 is 22.6 Å². The fourth-order valence-corrected chi connectivity index (χ4v) is 3.94. The molecule has 0 bridgehead atoms. The van der Waals surface area contributed by atoms with E-state index in [4.69, 9.17) is 9.47 Å². The van der Waals surface area contributed by atoms with E-state index in [1.54, 1.807) is 31.4 Å². The topological polar surface area (TPSA) is 76.7 Å². The lowest BCUT2D eigenvalue weighted by molar-refractivity contribution is -0.137. The van der Waals surface area contributed by atoms with E-state index in [2.05, 4.69) is 10.6 Å². The van der Waals surface area contributed by atoms with E-state index in [1.807, 2.05) is 0 Å². The van der Waals surface area contributed by atoms with Gasteiger partial charge in [-0.05, 0) is 62.1 Å². The van der Waals surface area contributed by atoms with Crippen LogP contribution in [0.1, 0.15) is 31.2 Å². The predicted octanol–water partition coefficient (Wildman–Crippen LogP) is 4.86. The summed E-state index contributed by atoms with van der Waals surface area (Å²) in [6.07, 6.45) is -1.76. The molecule has 0 spiro atoms. The predicted molar refractivity (Wildman–Crippen MR) is 119 cm³/mol. The molecule has 1 aliphatic carbocycles. The number of anilines is 3. The second-order valence-corrected chi connectivity index (χ2v) is 8.02. The molecule has 3 aromatic rings. The van der Waals surface area contributed by atoms with Crippen molar-refractivity contribution in [2.24, 2.45) is 0 Å². The summed E-state index contributed by atoms with van der Waals surface area (Å²) in [4.78, 5) is 24.2. The Labute approximate surface area is 188 Å². The minimum absolute atomic E-state index is 0.00776. The van der Waals surface area contributed by atoms with Gasteiger partial charge in [0.25, 0.3) is 10.9 Å². The van der Waals surface area contributed by atoms with Gasteiger partial charge in [0.1, 0.15) is 22.9 Å². The van der Waals surface area contributed by atoms with Crippen molar-refractivity contribution in [3.05, 3.63) is 74.5 Å². The van der Waals surface area contributed by atoms with Crippen LogP contribution in [0.15, 0.2) is 58.1 Å². The number of alkyl halides is 3. The van der Waals surface area contributed by atoms with Gasteiger partial charge in [0.15, 0.2) is 0 Å². The maximum absolute atomic E-state index is 12.7. The molecule has 1 fully saturated rings. The molecule has 6 nitrogen and oxygen atoms in total. The van der Waals surface area contributed by atoms with Crippen LogP contribution >= 0.6 is 0 Å². The minimum Gasteiger partial charge on any atom is -0.497 e. The van der Waals surface area contributed by atoms with Gasteiger partial charge in [0.05, 0.1) is 18.8 Å². The van der Waals surface area contributed by atoms with Crippen LogP contribution in [0.2, 0.25) is 0 Å². The number of hydrogen-bond donors (Lipinski definition) is 2. The van der Waals surface area contributed by atoms with Crippen LogP contribution in [0.3, 0.4) is 0 Å². The second kappa shape index (κ2) is 9.17. The number of nitrogens with one attached hydrogen (secondary N) is 2. The van der Waals surface area contributed by atoms with E-state index in [0.29, 0.717) is 42.9 Å². The summed E-state index contributed by atoms with van der Waals surface area (Å²) in [6.45, 7) is 0. The summed E-state index contributed by atoms with van der Waals surface area (Å²) in [6, 6.07) is 11.7. The molecule has 1 saturated carbocycles. The third-order valence-corrected chi connectivity index (χ3v) is 5.76. The summed E-state index contributed by atoms with van der Waals surface area (Å²) in [5.74, 6) is 1.02. The van der Waals surface area contributed by atoms with Gasteiger partial charge >= 0.3 is 6.18 Å². The molecule has 4 rings (SSSR count). The monoisotopic (exact) mass is 460 g/mol. The van der Waals surface area contributed by atoms with Gasteiger partial charge in [-0.3, -0.25) is 9.59 Å². The highest BCUT2D eigenvalue weighted by Crippen LogP contribution is 2.32. The standard InChI is InChI=1S/C24H23F3N2O4/c1-32-19-4-2-3-16(13-19)29-21-20(22(30)23(21)31)28-15-7-11-18(12-8-15)33-17-9-5-14(6-10-17)24(25,26)27/h2-6,9-10,13,15,18,28-29H,7-8,11-12H2,1H3. The molecule has 3 aromatic carbocycles. The molecule has 2 N–H and O–H groups in total. The molecule has 9 heteroatoms. The Kier molecular flexibility index (Phi) is 6.31.